The van der Waals surface area contributed by atoms with Gasteiger partial charge >= 0.3 is 11.7 Å². The first-order valence-electron chi connectivity index (χ1n) is 10.0. The molecule has 3 aromatic rings. The van der Waals surface area contributed by atoms with Crippen LogP contribution in [0.5, 0.6) is 0 Å². The summed E-state index contributed by atoms with van der Waals surface area (Å²) >= 11 is 0. The second-order valence-corrected chi connectivity index (χ2v) is 7.41. The zero-order valence-corrected chi connectivity index (χ0v) is 17.1. The Labute approximate surface area is 186 Å². The third-order valence-electron chi connectivity index (χ3n) is 5.26. The predicted octanol–water partition coefficient (Wildman–Crippen LogP) is 0.264. The largest absolute Gasteiger partial charge is 0.447 e. The van der Waals surface area contributed by atoms with Crippen molar-refractivity contribution >= 4 is 11.8 Å². The smallest absolute Gasteiger partial charge is 0.338 e. The van der Waals surface area contributed by atoms with E-state index in [2.05, 4.69) is 0 Å². The van der Waals surface area contributed by atoms with Crippen molar-refractivity contribution < 1.29 is 29.3 Å². The molecule has 10 heteroatoms. The van der Waals surface area contributed by atoms with Gasteiger partial charge in [-0.3, -0.25) is 19.1 Å². The van der Waals surface area contributed by atoms with Gasteiger partial charge in [0.05, 0.1) is 5.56 Å². The van der Waals surface area contributed by atoms with Crippen LogP contribution in [0.25, 0.3) is 0 Å². The second-order valence-electron chi connectivity index (χ2n) is 7.41. The SMILES string of the molecule is O=C(OC(C(=O)c1ccccc1)[C@H]1O[C@@H](n2ccc(=O)[nH]c2=O)[C@H](O)[C@@H]1O)c1ccccc1. The topological polar surface area (TPSA) is 148 Å². The number of ether oxygens (including phenoxy) is 2. The quantitative estimate of drug-likeness (QED) is 0.356. The van der Waals surface area contributed by atoms with E-state index >= 15 is 0 Å². The van der Waals surface area contributed by atoms with Gasteiger partial charge in [0.25, 0.3) is 5.56 Å². The Balaban J connectivity index is 1.68. The standard InChI is InChI=1S/C23H20N2O8/c26-15-11-12-25(23(31)24-15)21-18(29)17(28)20(32-21)19(16(27)13-7-3-1-4-8-13)33-22(30)14-9-5-2-6-10-14/h1-12,17-21,28-29H,(H,24,26,31)/t17-,18+,19?,20-,21+/m0/s1. The van der Waals surface area contributed by atoms with Crippen LogP contribution in [0, 0.1) is 0 Å². The van der Waals surface area contributed by atoms with Crippen LogP contribution < -0.4 is 11.2 Å². The van der Waals surface area contributed by atoms with E-state index in [-0.39, 0.29) is 11.1 Å². The number of carbonyl (C=O) groups is 2. The molecule has 1 aliphatic heterocycles. The summed E-state index contributed by atoms with van der Waals surface area (Å²) in [5.74, 6) is -1.49. The van der Waals surface area contributed by atoms with Gasteiger partial charge in [-0.05, 0) is 12.1 Å². The molecule has 0 aliphatic carbocycles. The number of H-pyrrole nitrogens is 1. The van der Waals surface area contributed by atoms with E-state index in [1.54, 1.807) is 36.4 Å². The van der Waals surface area contributed by atoms with E-state index < -0.39 is 53.6 Å². The monoisotopic (exact) mass is 452 g/mol. The number of aliphatic hydroxyl groups is 2. The number of carbonyl (C=O) groups excluding carboxylic acids is 2. The Morgan fingerprint density at radius 2 is 1.52 bits per heavy atom. The first kappa shape index (κ1) is 22.3. The third-order valence-corrected chi connectivity index (χ3v) is 5.26. The van der Waals surface area contributed by atoms with Gasteiger partial charge in [-0.25, -0.2) is 9.59 Å². The highest BCUT2D eigenvalue weighted by atomic mass is 16.6. The first-order valence-corrected chi connectivity index (χ1v) is 10.0. The summed E-state index contributed by atoms with van der Waals surface area (Å²) in [6.45, 7) is 0. The normalized spacial score (nSPS) is 23.1. The Hall–Kier alpha value is -3.86. The van der Waals surface area contributed by atoms with Gasteiger partial charge in [0.2, 0.25) is 5.78 Å². The number of nitrogens with zero attached hydrogens (tertiary/aromatic N) is 1. The van der Waals surface area contributed by atoms with E-state index in [4.69, 9.17) is 9.47 Å². The average molecular weight is 452 g/mol. The van der Waals surface area contributed by atoms with Crippen LogP contribution in [0.4, 0.5) is 0 Å². The molecule has 33 heavy (non-hydrogen) atoms. The number of nitrogens with one attached hydrogen (secondary N) is 1. The molecular formula is C23H20N2O8. The van der Waals surface area contributed by atoms with E-state index in [1.165, 1.54) is 24.3 Å². The van der Waals surface area contributed by atoms with Crippen molar-refractivity contribution in [2.45, 2.75) is 30.6 Å². The van der Waals surface area contributed by atoms with Crippen LogP contribution in [0.3, 0.4) is 0 Å². The molecular weight excluding hydrogens is 432 g/mol. The highest BCUT2D eigenvalue weighted by Gasteiger charge is 2.51. The number of ketones is 1. The summed E-state index contributed by atoms with van der Waals surface area (Å²) in [4.78, 5) is 51.5. The lowest BCUT2D eigenvalue weighted by molar-refractivity contribution is -0.0812. The lowest BCUT2D eigenvalue weighted by Crippen LogP contribution is -2.45. The number of rotatable bonds is 6. The first-order chi connectivity index (χ1) is 15.9. The lowest BCUT2D eigenvalue weighted by atomic mass is 9.97. The fourth-order valence-corrected chi connectivity index (χ4v) is 3.59. The molecule has 1 fully saturated rings. The minimum atomic E-state index is -1.69. The summed E-state index contributed by atoms with van der Waals surface area (Å²) in [5.41, 5.74) is -1.18. The van der Waals surface area contributed by atoms with Gasteiger partial charge < -0.3 is 19.7 Å². The van der Waals surface area contributed by atoms with E-state index in [9.17, 15) is 29.4 Å². The van der Waals surface area contributed by atoms with Crippen molar-refractivity contribution in [1.82, 2.24) is 9.55 Å². The van der Waals surface area contributed by atoms with Gasteiger partial charge in [0.1, 0.15) is 18.3 Å². The minimum absolute atomic E-state index is 0.171. The molecule has 0 bridgehead atoms. The van der Waals surface area contributed by atoms with Gasteiger partial charge in [-0.15, -0.1) is 0 Å². The molecule has 10 nitrogen and oxygen atoms in total. The molecule has 0 amide bonds. The van der Waals surface area contributed by atoms with Crippen LogP contribution in [-0.4, -0.2) is 55.9 Å². The molecule has 1 unspecified atom stereocenters. The van der Waals surface area contributed by atoms with E-state index in [0.717, 1.165) is 16.8 Å². The van der Waals surface area contributed by atoms with Crippen LogP contribution in [-0.2, 0) is 9.47 Å². The average Bonchev–Trinajstić information content (AvgIpc) is 3.12. The van der Waals surface area contributed by atoms with Crippen LogP contribution in [0.1, 0.15) is 26.9 Å². The predicted molar refractivity (Wildman–Crippen MR) is 114 cm³/mol. The van der Waals surface area contributed by atoms with Crippen LogP contribution in [0.2, 0.25) is 0 Å². The van der Waals surface area contributed by atoms with Gasteiger partial charge in [-0.1, -0.05) is 48.5 Å². The minimum Gasteiger partial charge on any atom is -0.447 e. The second kappa shape index (κ2) is 9.33. The van der Waals surface area contributed by atoms with E-state index in [0.29, 0.717) is 0 Å². The fraction of sp³-hybridized carbons (Fsp3) is 0.217. The van der Waals surface area contributed by atoms with Gasteiger partial charge in [-0.2, -0.15) is 0 Å². The molecule has 3 N–H and O–H groups in total. The zero-order chi connectivity index (χ0) is 23.5. The number of hydrogen-bond acceptors (Lipinski definition) is 8. The molecule has 1 saturated heterocycles. The number of benzene rings is 2. The summed E-state index contributed by atoms with van der Waals surface area (Å²) in [6.07, 6.45) is -6.81. The molecule has 1 aliphatic rings. The maximum absolute atomic E-state index is 13.2. The number of hydrogen-bond donors (Lipinski definition) is 3. The zero-order valence-electron chi connectivity index (χ0n) is 17.1. The van der Waals surface area contributed by atoms with Crippen molar-refractivity contribution in [2.75, 3.05) is 0 Å². The van der Waals surface area contributed by atoms with Crippen molar-refractivity contribution in [3.63, 3.8) is 0 Å². The summed E-state index contributed by atoms with van der Waals surface area (Å²) in [5, 5.41) is 21.2. The van der Waals surface area contributed by atoms with Crippen molar-refractivity contribution in [2.24, 2.45) is 0 Å². The lowest BCUT2D eigenvalue weighted by Gasteiger charge is -2.25. The number of Topliss-reactive ketones (excluding diaryl/α,β-unsaturated/α-hetero) is 1. The molecule has 2 aromatic carbocycles. The Morgan fingerprint density at radius 1 is 0.909 bits per heavy atom. The number of aromatic nitrogens is 2. The molecule has 1 aromatic heterocycles. The van der Waals surface area contributed by atoms with Crippen molar-refractivity contribution in [1.29, 1.82) is 0 Å². The molecule has 0 spiro atoms. The van der Waals surface area contributed by atoms with Gasteiger partial charge in [0.15, 0.2) is 12.3 Å². The van der Waals surface area contributed by atoms with Crippen molar-refractivity contribution in [3.8, 4) is 0 Å². The number of aromatic amines is 1. The fourth-order valence-electron chi connectivity index (χ4n) is 3.59. The highest BCUT2D eigenvalue weighted by Crippen LogP contribution is 2.32. The van der Waals surface area contributed by atoms with Gasteiger partial charge in [0, 0.05) is 17.8 Å². The number of aliphatic hydroxyl groups excluding tert-OH is 2. The molecule has 4 rings (SSSR count). The molecule has 2 heterocycles. The number of esters is 1. The molecule has 0 radical (unpaired) electrons. The summed E-state index contributed by atoms with van der Waals surface area (Å²) in [7, 11) is 0. The molecule has 5 atom stereocenters. The highest BCUT2D eigenvalue weighted by molar-refractivity contribution is 6.02. The van der Waals surface area contributed by atoms with E-state index in [1.807, 2.05) is 4.98 Å². The van der Waals surface area contributed by atoms with Crippen LogP contribution in [0.15, 0.2) is 82.5 Å². The Morgan fingerprint density at radius 3 is 2.12 bits per heavy atom. The van der Waals surface area contributed by atoms with Crippen molar-refractivity contribution in [3.05, 3.63) is 105 Å². The third kappa shape index (κ3) is 4.53. The Kier molecular flexibility index (Phi) is 6.31. The van der Waals surface area contributed by atoms with Crippen LogP contribution >= 0.6 is 0 Å². The Bertz CT molecular complexity index is 1250. The maximum atomic E-state index is 13.2. The maximum Gasteiger partial charge on any atom is 0.338 e. The summed E-state index contributed by atoms with van der Waals surface area (Å²) in [6, 6.07) is 16.9. The molecule has 170 valence electrons. The summed E-state index contributed by atoms with van der Waals surface area (Å²) < 4.78 is 12.0. The molecule has 0 saturated carbocycles.